The van der Waals surface area contributed by atoms with Crippen LogP contribution in [0.4, 0.5) is 11.8 Å². The van der Waals surface area contributed by atoms with E-state index in [0.29, 0.717) is 11.3 Å². The van der Waals surface area contributed by atoms with Gasteiger partial charge in [0.15, 0.2) is 0 Å². The van der Waals surface area contributed by atoms with Crippen molar-refractivity contribution in [3.8, 4) is 23.1 Å². The number of nitriles is 1. The van der Waals surface area contributed by atoms with Gasteiger partial charge in [0.05, 0.1) is 11.8 Å². The summed E-state index contributed by atoms with van der Waals surface area (Å²) in [7, 11) is -1.68. The standard InChI is InChI=1S/C14H16BN5O3/c1-7(2)23-11-4-3-8(15(21)22)5-9(11)12-10(6-16)13(17)20-14(18)19-12/h3-5,7,21-22H,1-2H3,(H4,17,18,19,20). The molecule has 6 N–H and O–H groups in total. The molecule has 0 spiro atoms. The summed E-state index contributed by atoms with van der Waals surface area (Å²) in [6.45, 7) is 3.68. The van der Waals surface area contributed by atoms with E-state index in [2.05, 4.69) is 9.97 Å². The quantitative estimate of drug-likeness (QED) is 0.559. The summed E-state index contributed by atoms with van der Waals surface area (Å²) >= 11 is 0. The van der Waals surface area contributed by atoms with Crippen molar-refractivity contribution in [3.63, 3.8) is 0 Å². The monoisotopic (exact) mass is 313 g/mol. The second-order valence-electron chi connectivity index (χ2n) is 5.10. The Labute approximate surface area is 133 Å². The molecule has 0 radical (unpaired) electrons. The lowest BCUT2D eigenvalue weighted by atomic mass is 9.79. The summed E-state index contributed by atoms with van der Waals surface area (Å²) in [5.41, 5.74) is 12.2. The fourth-order valence-electron chi connectivity index (χ4n) is 2.05. The fourth-order valence-corrected chi connectivity index (χ4v) is 2.05. The normalized spacial score (nSPS) is 10.4. The van der Waals surface area contributed by atoms with Crippen molar-refractivity contribution in [1.29, 1.82) is 5.26 Å². The minimum atomic E-state index is -1.68. The molecule has 0 aliphatic heterocycles. The number of ether oxygens (including phenoxy) is 1. The van der Waals surface area contributed by atoms with Gasteiger partial charge in [-0.15, -0.1) is 0 Å². The van der Waals surface area contributed by atoms with Gasteiger partial charge in [-0.1, -0.05) is 6.07 Å². The number of nitrogens with zero attached hydrogens (tertiary/aromatic N) is 3. The summed E-state index contributed by atoms with van der Waals surface area (Å²) in [4.78, 5) is 7.83. The number of benzene rings is 1. The second-order valence-corrected chi connectivity index (χ2v) is 5.10. The fraction of sp³-hybridized carbons (Fsp3) is 0.214. The molecule has 0 unspecified atom stereocenters. The van der Waals surface area contributed by atoms with Crippen LogP contribution in [0.15, 0.2) is 18.2 Å². The number of aromatic nitrogens is 2. The zero-order valence-electron chi connectivity index (χ0n) is 12.7. The highest BCUT2D eigenvalue weighted by atomic mass is 16.5. The third-order valence-corrected chi connectivity index (χ3v) is 2.99. The number of nitrogens with two attached hydrogens (primary N) is 2. The molecule has 1 aromatic heterocycles. The minimum absolute atomic E-state index is 0.0392. The minimum Gasteiger partial charge on any atom is -0.490 e. The number of hydrogen-bond acceptors (Lipinski definition) is 8. The van der Waals surface area contributed by atoms with E-state index in [4.69, 9.17) is 16.2 Å². The van der Waals surface area contributed by atoms with Gasteiger partial charge in [-0.3, -0.25) is 0 Å². The van der Waals surface area contributed by atoms with Crippen molar-refractivity contribution >= 4 is 24.3 Å². The Morgan fingerprint density at radius 1 is 1.26 bits per heavy atom. The van der Waals surface area contributed by atoms with Crippen LogP contribution < -0.4 is 21.7 Å². The van der Waals surface area contributed by atoms with Crippen molar-refractivity contribution in [2.45, 2.75) is 20.0 Å². The lowest BCUT2D eigenvalue weighted by Gasteiger charge is -2.16. The Kier molecular flexibility index (Phi) is 4.69. The van der Waals surface area contributed by atoms with Crippen molar-refractivity contribution < 1.29 is 14.8 Å². The van der Waals surface area contributed by atoms with Gasteiger partial charge in [-0.05, 0) is 31.4 Å². The van der Waals surface area contributed by atoms with Crippen LogP contribution in [0.25, 0.3) is 11.3 Å². The number of nitrogen functional groups attached to an aromatic ring is 2. The van der Waals surface area contributed by atoms with Gasteiger partial charge in [0, 0.05) is 5.56 Å². The molecule has 0 atom stereocenters. The first-order valence-electron chi connectivity index (χ1n) is 6.83. The Balaban J connectivity index is 2.74. The molecule has 1 heterocycles. The second kappa shape index (κ2) is 6.52. The van der Waals surface area contributed by atoms with Crippen LogP contribution in [0.5, 0.6) is 5.75 Å². The Bertz CT molecular complexity index is 774. The third kappa shape index (κ3) is 3.50. The smallest absolute Gasteiger partial charge is 0.488 e. The largest absolute Gasteiger partial charge is 0.490 e. The summed E-state index contributed by atoms with van der Waals surface area (Å²) < 4.78 is 5.70. The molecular weight excluding hydrogens is 297 g/mol. The highest BCUT2D eigenvalue weighted by Gasteiger charge is 2.21. The van der Waals surface area contributed by atoms with Crippen LogP contribution in [0.1, 0.15) is 19.4 Å². The zero-order chi connectivity index (χ0) is 17.1. The summed E-state index contributed by atoms with van der Waals surface area (Å²) in [6, 6.07) is 6.47. The van der Waals surface area contributed by atoms with E-state index < -0.39 is 7.12 Å². The molecule has 2 aromatic rings. The summed E-state index contributed by atoms with van der Waals surface area (Å²) in [5, 5.41) is 28.1. The van der Waals surface area contributed by atoms with E-state index in [9.17, 15) is 15.3 Å². The van der Waals surface area contributed by atoms with E-state index in [0.717, 1.165) is 0 Å². The van der Waals surface area contributed by atoms with Crippen LogP contribution >= 0.6 is 0 Å². The molecule has 9 heteroatoms. The zero-order valence-corrected chi connectivity index (χ0v) is 12.7. The predicted molar refractivity (Wildman–Crippen MR) is 86.6 cm³/mol. The molecule has 118 valence electrons. The van der Waals surface area contributed by atoms with Gasteiger partial charge >= 0.3 is 7.12 Å². The van der Waals surface area contributed by atoms with Gasteiger partial charge in [0.25, 0.3) is 0 Å². The maximum absolute atomic E-state index is 9.37. The van der Waals surface area contributed by atoms with Crippen LogP contribution in [0.3, 0.4) is 0 Å². The first-order valence-corrected chi connectivity index (χ1v) is 6.83. The molecule has 0 fully saturated rings. The van der Waals surface area contributed by atoms with E-state index in [-0.39, 0.29) is 34.6 Å². The topological polar surface area (TPSA) is 151 Å². The molecule has 0 bridgehead atoms. The molecule has 1 aromatic carbocycles. The van der Waals surface area contributed by atoms with Crippen molar-refractivity contribution in [3.05, 3.63) is 23.8 Å². The first kappa shape index (κ1) is 16.5. The van der Waals surface area contributed by atoms with Crippen LogP contribution in [-0.2, 0) is 0 Å². The van der Waals surface area contributed by atoms with Gasteiger partial charge < -0.3 is 26.3 Å². The van der Waals surface area contributed by atoms with Crippen molar-refractivity contribution in [2.24, 2.45) is 0 Å². The van der Waals surface area contributed by atoms with Crippen LogP contribution in [0, 0.1) is 11.3 Å². The Hall–Kier alpha value is -2.83. The van der Waals surface area contributed by atoms with E-state index >= 15 is 0 Å². The predicted octanol–water partition coefficient (Wildman–Crippen LogP) is -0.353. The van der Waals surface area contributed by atoms with E-state index in [1.807, 2.05) is 19.9 Å². The van der Waals surface area contributed by atoms with Crippen LogP contribution in [0.2, 0.25) is 0 Å². The van der Waals surface area contributed by atoms with Crippen LogP contribution in [-0.4, -0.2) is 33.2 Å². The molecular formula is C14H16BN5O3. The van der Waals surface area contributed by atoms with Gasteiger partial charge in [-0.2, -0.15) is 10.2 Å². The number of rotatable bonds is 4. The van der Waals surface area contributed by atoms with E-state index in [1.54, 1.807) is 6.07 Å². The molecule has 8 nitrogen and oxygen atoms in total. The molecule has 0 aliphatic rings. The average molecular weight is 313 g/mol. The highest BCUT2D eigenvalue weighted by Crippen LogP contribution is 2.32. The summed E-state index contributed by atoms with van der Waals surface area (Å²) in [5.74, 6) is 0.265. The van der Waals surface area contributed by atoms with E-state index in [1.165, 1.54) is 12.1 Å². The number of anilines is 2. The Morgan fingerprint density at radius 3 is 2.52 bits per heavy atom. The summed E-state index contributed by atoms with van der Waals surface area (Å²) in [6.07, 6.45) is -0.138. The average Bonchev–Trinajstić information content (AvgIpc) is 2.46. The molecule has 0 aliphatic carbocycles. The SMILES string of the molecule is CC(C)Oc1ccc(B(O)O)cc1-c1nc(N)nc(N)c1C#N. The highest BCUT2D eigenvalue weighted by molar-refractivity contribution is 6.58. The maximum atomic E-state index is 9.37. The Morgan fingerprint density at radius 2 is 1.96 bits per heavy atom. The van der Waals surface area contributed by atoms with Crippen molar-refractivity contribution in [2.75, 3.05) is 11.5 Å². The van der Waals surface area contributed by atoms with Gasteiger partial charge in [0.1, 0.15) is 23.2 Å². The molecule has 2 rings (SSSR count). The lowest BCUT2D eigenvalue weighted by Crippen LogP contribution is -2.30. The molecule has 0 saturated carbocycles. The first-order chi connectivity index (χ1) is 10.8. The molecule has 0 amide bonds. The van der Waals surface area contributed by atoms with Crippen molar-refractivity contribution in [1.82, 2.24) is 9.97 Å². The molecule has 23 heavy (non-hydrogen) atoms. The maximum Gasteiger partial charge on any atom is 0.488 e. The van der Waals surface area contributed by atoms with Gasteiger partial charge in [-0.25, -0.2) is 4.98 Å². The lowest BCUT2D eigenvalue weighted by molar-refractivity contribution is 0.243. The third-order valence-electron chi connectivity index (χ3n) is 2.99. The molecule has 0 saturated heterocycles. The number of hydrogen-bond donors (Lipinski definition) is 4. The van der Waals surface area contributed by atoms with Gasteiger partial charge in [0.2, 0.25) is 5.95 Å².